The zero-order valence-corrected chi connectivity index (χ0v) is 19.6. The Morgan fingerprint density at radius 2 is 1.71 bits per heavy atom. The summed E-state index contributed by atoms with van der Waals surface area (Å²) >= 11 is 0. The highest BCUT2D eigenvalue weighted by Gasteiger charge is 2.30. The monoisotopic (exact) mass is 475 g/mol. The third-order valence-corrected chi connectivity index (χ3v) is 5.74. The molecule has 0 aliphatic rings. The molecule has 35 heavy (non-hydrogen) atoms. The third-order valence-electron chi connectivity index (χ3n) is 5.74. The van der Waals surface area contributed by atoms with E-state index in [0.717, 1.165) is 5.56 Å². The van der Waals surface area contributed by atoms with Crippen LogP contribution in [0.25, 0.3) is 11.1 Å². The minimum Gasteiger partial charge on any atom is -0.478 e. The minimum absolute atomic E-state index is 0.0342. The number of nitro benzene ring substituents is 1. The van der Waals surface area contributed by atoms with Crippen LogP contribution in [-0.4, -0.2) is 26.6 Å². The van der Waals surface area contributed by atoms with E-state index in [0.29, 0.717) is 34.0 Å². The van der Waals surface area contributed by atoms with E-state index >= 15 is 0 Å². The number of carboxylic acid groups (broad SMARTS) is 1. The van der Waals surface area contributed by atoms with Crippen LogP contribution >= 0.6 is 0 Å². The number of hydrogen-bond donors (Lipinski definition) is 1. The summed E-state index contributed by atoms with van der Waals surface area (Å²) in [7, 11) is 0. The number of para-hydroxylation sites is 3. The van der Waals surface area contributed by atoms with Crippen LogP contribution in [0, 0.1) is 17.0 Å². The molecule has 0 radical (unpaired) electrons. The smallest absolute Gasteiger partial charge is 0.347 e. The second kappa shape index (κ2) is 9.46. The topological polar surface area (TPSA) is 119 Å². The van der Waals surface area contributed by atoms with Crippen LogP contribution in [0.5, 0.6) is 5.75 Å². The second-order valence-corrected chi connectivity index (χ2v) is 8.66. The summed E-state index contributed by atoms with van der Waals surface area (Å²) in [4.78, 5) is 29.2. The maximum Gasteiger partial charge on any atom is 0.347 e. The van der Waals surface area contributed by atoms with E-state index in [4.69, 9.17) is 9.15 Å². The van der Waals surface area contributed by atoms with Crippen molar-refractivity contribution in [3.8, 4) is 5.75 Å². The summed E-state index contributed by atoms with van der Waals surface area (Å²) < 4.78 is 11.9. The highest BCUT2D eigenvalue weighted by atomic mass is 16.6. The number of carboxylic acids is 1. The Bertz CT molecular complexity index is 1360. The molecule has 0 aliphatic carbocycles. The number of nitrogens with zero attached hydrogens (tertiary/aromatic N) is 3. The number of benzene rings is 3. The van der Waals surface area contributed by atoms with E-state index in [-0.39, 0.29) is 18.8 Å². The van der Waals surface area contributed by atoms with E-state index in [2.05, 4.69) is 4.98 Å². The first-order valence-corrected chi connectivity index (χ1v) is 11.0. The molecule has 0 atom stereocenters. The molecule has 0 bridgehead atoms. The standard InChI is InChI=1S/C26H25N3O6/c1-17-18(10-8-12-21(17)29(32)33)15-28(25-27-20-11-5-7-14-23(20)34-25)16-19-9-4-6-13-22(19)35-26(2,3)24(30)31/h4-14H,15-16H2,1-3H3,(H,30,31). The SMILES string of the molecule is Cc1c(CN(Cc2ccccc2OC(C)(C)C(=O)O)c2nc3ccccc3o2)cccc1[N+](=O)[O-]. The Balaban J connectivity index is 1.75. The number of aromatic nitrogens is 1. The lowest BCUT2D eigenvalue weighted by atomic mass is 10.1. The molecule has 1 heterocycles. The number of nitro groups is 1. The zero-order chi connectivity index (χ0) is 25.2. The second-order valence-electron chi connectivity index (χ2n) is 8.66. The molecule has 0 saturated carbocycles. The van der Waals surface area contributed by atoms with E-state index < -0.39 is 16.5 Å². The number of ether oxygens (including phenoxy) is 1. The third kappa shape index (κ3) is 5.08. The van der Waals surface area contributed by atoms with Crippen LogP contribution in [-0.2, 0) is 17.9 Å². The quantitative estimate of drug-likeness (QED) is 0.249. The van der Waals surface area contributed by atoms with Crippen molar-refractivity contribution in [3.05, 3.63) is 93.5 Å². The van der Waals surface area contributed by atoms with Gasteiger partial charge in [-0.3, -0.25) is 10.1 Å². The van der Waals surface area contributed by atoms with Gasteiger partial charge in [-0.2, -0.15) is 4.98 Å². The van der Waals surface area contributed by atoms with Crippen LogP contribution in [0.3, 0.4) is 0 Å². The summed E-state index contributed by atoms with van der Waals surface area (Å²) in [5, 5.41) is 21.0. The summed E-state index contributed by atoms with van der Waals surface area (Å²) in [6.45, 7) is 5.22. The van der Waals surface area contributed by atoms with Crippen molar-refractivity contribution in [1.29, 1.82) is 0 Å². The van der Waals surface area contributed by atoms with Gasteiger partial charge in [0.2, 0.25) is 0 Å². The van der Waals surface area contributed by atoms with E-state index in [1.165, 1.54) is 19.9 Å². The van der Waals surface area contributed by atoms with Crippen LogP contribution in [0.2, 0.25) is 0 Å². The molecule has 9 nitrogen and oxygen atoms in total. The Morgan fingerprint density at radius 3 is 2.43 bits per heavy atom. The number of oxazole rings is 1. The first kappa shape index (κ1) is 23.7. The molecule has 1 N–H and O–H groups in total. The lowest BCUT2D eigenvalue weighted by molar-refractivity contribution is -0.385. The molecule has 0 spiro atoms. The van der Waals surface area contributed by atoms with Gasteiger partial charge in [-0.25, -0.2) is 4.79 Å². The molecule has 1 aromatic heterocycles. The van der Waals surface area contributed by atoms with E-state index in [1.807, 2.05) is 47.4 Å². The number of hydrogen-bond acceptors (Lipinski definition) is 7. The van der Waals surface area contributed by atoms with Gasteiger partial charge in [0.25, 0.3) is 11.7 Å². The van der Waals surface area contributed by atoms with Crippen molar-refractivity contribution in [3.63, 3.8) is 0 Å². The van der Waals surface area contributed by atoms with Crippen molar-refractivity contribution in [1.82, 2.24) is 4.98 Å². The van der Waals surface area contributed by atoms with Crippen LogP contribution in [0.15, 0.2) is 71.1 Å². The predicted molar refractivity (Wildman–Crippen MR) is 131 cm³/mol. The molecule has 180 valence electrons. The largest absolute Gasteiger partial charge is 0.478 e. The van der Waals surface area contributed by atoms with E-state index in [1.54, 1.807) is 25.1 Å². The molecule has 3 aromatic carbocycles. The Morgan fingerprint density at radius 1 is 1.06 bits per heavy atom. The highest BCUT2D eigenvalue weighted by Crippen LogP contribution is 2.31. The number of anilines is 1. The van der Waals surface area contributed by atoms with Gasteiger partial charge in [-0.1, -0.05) is 42.5 Å². The molecule has 0 unspecified atom stereocenters. The highest BCUT2D eigenvalue weighted by molar-refractivity contribution is 5.77. The average molecular weight is 476 g/mol. The van der Waals surface area contributed by atoms with Crippen molar-refractivity contribution >= 4 is 28.8 Å². The summed E-state index contributed by atoms with van der Waals surface area (Å²) in [5.41, 5.74) is 1.90. The zero-order valence-electron chi connectivity index (χ0n) is 19.6. The molecular weight excluding hydrogens is 450 g/mol. The lowest BCUT2D eigenvalue weighted by Crippen LogP contribution is -2.38. The van der Waals surface area contributed by atoms with Gasteiger partial charge < -0.3 is 19.2 Å². The Hall–Kier alpha value is -4.40. The minimum atomic E-state index is -1.44. The molecule has 0 aliphatic heterocycles. The van der Waals surface area contributed by atoms with Gasteiger partial charge in [0.05, 0.1) is 11.5 Å². The molecule has 4 aromatic rings. The number of carbonyl (C=O) groups is 1. The average Bonchev–Trinajstić information content (AvgIpc) is 3.25. The van der Waals surface area contributed by atoms with Crippen molar-refractivity contribution < 1.29 is 24.0 Å². The number of aliphatic carboxylic acids is 1. The molecule has 4 rings (SSSR count). The molecule has 9 heteroatoms. The first-order valence-electron chi connectivity index (χ1n) is 11.0. The molecule has 0 amide bonds. The predicted octanol–water partition coefficient (Wildman–Crippen LogP) is 5.49. The van der Waals surface area contributed by atoms with Gasteiger partial charge in [0.15, 0.2) is 11.2 Å². The van der Waals surface area contributed by atoms with Gasteiger partial charge in [0.1, 0.15) is 11.3 Å². The molecule has 0 saturated heterocycles. The van der Waals surface area contributed by atoms with Crippen LogP contribution in [0.1, 0.15) is 30.5 Å². The maximum absolute atomic E-state index is 11.6. The lowest BCUT2D eigenvalue weighted by Gasteiger charge is -2.26. The first-order chi connectivity index (χ1) is 16.7. The summed E-state index contributed by atoms with van der Waals surface area (Å²) in [5.74, 6) is -0.674. The van der Waals surface area contributed by atoms with Crippen molar-refractivity contribution in [2.24, 2.45) is 0 Å². The Kier molecular flexibility index (Phi) is 6.42. The molecule has 0 fully saturated rings. The molecular formula is C26H25N3O6. The fourth-order valence-electron chi connectivity index (χ4n) is 3.69. The maximum atomic E-state index is 11.6. The number of rotatable bonds is 9. The number of fused-ring (bicyclic) bond motifs is 1. The van der Waals surface area contributed by atoms with Crippen molar-refractivity contribution in [2.75, 3.05) is 4.90 Å². The fraction of sp³-hybridized carbons (Fsp3) is 0.231. The Labute approximate surface area is 201 Å². The van der Waals surface area contributed by atoms with Crippen molar-refractivity contribution in [2.45, 2.75) is 39.5 Å². The summed E-state index contributed by atoms with van der Waals surface area (Å²) in [6.07, 6.45) is 0. The van der Waals surface area contributed by atoms with Crippen LogP contribution < -0.4 is 9.64 Å². The normalized spacial score (nSPS) is 11.4. The van der Waals surface area contributed by atoms with Gasteiger partial charge >= 0.3 is 5.97 Å². The fourth-order valence-corrected chi connectivity index (χ4v) is 3.69. The van der Waals surface area contributed by atoms with Gasteiger partial charge in [0, 0.05) is 23.7 Å². The van der Waals surface area contributed by atoms with Gasteiger partial charge in [-0.15, -0.1) is 0 Å². The summed E-state index contributed by atoms with van der Waals surface area (Å²) in [6, 6.07) is 19.8. The van der Waals surface area contributed by atoms with E-state index in [9.17, 15) is 20.0 Å². The van der Waals surface area contributed by atoms with Gasteiger partial charge in [-0.05, 0) is 44.5 Å². The van der Waals surface area contributed by atoms with Crippen LogP contribution in [0.4, 0.5) is 11.7 Å².